The van der Waals surface area contributed by atoms with E-state index in [1.54, 1.807) is 0 Å². The van der Waals surface area contributed by atoms with Gasteiger partial charge in [0.25, 0.3) is 0 Å². The summed E-state index contributed by atoms with van der Waals surface area (Å²) in [7, 11) is 0. The molecule has 1 fully saturated rings. The van der Waals surface area contributed by atoms with E-state index in [0.717, 1.165) is 58.8 Å². The SMILES string of the molecule is CCC[C@@H](O)[C@@H](CN1CCOCC1)N(Cc1ccccc1)Cc1ccccc1. The molecule has 1 aliphatic rings. The van der Waals surface area contributed by atoms with Crippen LogP contribution in [0.25, 0.3) is 0 Å². The maximum Gasteiger partial charge on any atom is 0.0708 e. The fraction of sp³-hybridized carbons (Fsp3) is 0.500. The van der Waals surface area contributed by atoms with E-state index in [0.29, 0.717) is 0 Å². The van der Waals surface area contributed by atoms with Crippen molar-refractivity contribution >= 4 is 0 Å². The minimum Gasteiger partial charge on any atom is -0.391 e. The van der Waals surface area contributed by atoms with Crippen molar-refractivity contribution in [2.75, 3.05) is 32.8 Å². The molecule has 152 valence electrons. The molecule has 0 spiro atoms. The van der Waals surface area contributed by atoms with Crippen molar-refractivity contribution in [2.45, 2.75) is 45.0 Å². The summed E-state index contributed by atoms with van der Waals surface area (Å²) in [6.07, 6.45) is 1.49. The van der Waals surface area contributed by atoms with E-state index in [4.69, 9.17) is 4.74 Å². The fourth-order valence-electron chi connectivity index (χ4n) is 3.94. The van der Waals surface area contributed by atoms with Crippen LogP contribution in [-0.2, 0) is 17.8 Å². The summed E-state index contributed by atoms with van der Waals surface area (Å²) in [5, 5.41) is 11.1. The van der Waals surface area contributed by atoms with Crippen molar-refractivity contribution in [3.63, 3.8) is 0 Å². The van der Waals surface area contributed by atoms with Crippen LogP contribution in [-0.4, -0.2) is 59.9 Å². The van der Waals surface area contributed by atoms with E-state index in [1.165, 1.54) is 11.1 Å². The summed E-state index contributed by atoms with van der Waals surface area (Å²) in [6, 6.07) is 21.3. The van der Waals surface area contributed by atoms with E-state index in [-0.39, 0.29) is 12.1 Å². The molecule has 0 bridgehead atoms. The molecule has 0 aliphatic carbocycles. The standard InChI is InChI=1S/C24H34N2O2/c1-2-9-24(27)23(20-25-14-16-28-17-15-25)26(18-21-10-5-3-6-11-21)19-22-12-7-4-8-13-22/h3-8,10-13,23-24,27H,2,9,14-20H2,1H3/t23-,24-/m1/s1. The first-order valence-electron chi connectivity index (χ1n) is 10.6. The average Bonchev–Trinajstić information content (AvgIpc) is 2.74. The molecule has 1 aliphatic heterocycles. The summed E-state index contributed by atoms with van der Waals surface area (Å²) in [6.45, 7) is 8.16. The second kappa shape index (κ2) is 11.3. The van der Waals surface area contributed by atoms with Gasteiger partial charge < -0.3 is 9.84 Å². The predicted molar refractivity (Wildman–Crippen MR) is 114 cm³/mol. The van der Waals surface area contributed by atoms with Gasteiger partial charge in [0.05, 0.1) is 19.3 Å². The van der Waals surface area contributed by atoms with Crippen LogP contribution >= 0.6 is 0 Å². The zero-order valence-corrected chi connectivity index (χ0v) is 17.0. The molecule has 3 rings (SSSR count). The maximum absolute atomic E-state index is 11.1. The van der Waals surface area contributed by atoms with Crippen LogP contribution in [0.3, 0.4) is 0 Å². The van der Waals surface area contributed by atoms with Crippen LogP contribution in [0.4, 0.5) is 0 Å². The summed E-state index contributed by atoms with van der Waals surface area (Å²) < 4.78 is 5.52. The zero-order chi connectivity index (χ0) is 19.6. The molecule has 0 unspecified atom stereocenters. The van der Waals surface area contributed by atoms with E-state index in [1.807, 2.05) is 0 Å². The van der Waals surface area contributed by atoms with Crippen molar-refractivity contribution in [2.24, 2.45) is 0 Å². The first-order chi connectivity index (χ1) is 13.8. The number of nitrogens with zero attached hydrogens (tertiary/aromatic N) is 2. The van der Waals surface area contributed by atoms with Gasteiger partial charge in [0.2, 0.25) is 0 Å². The lowest BCUT2D eigenvalue weighted by Gasteiger charge is -2.39. The number of rotatable bonds is 10. The molecular formula is C24H34N2O2. The lowest BCUT2D eigenvalue weighted by Crippen LogP contribution is -2.52. The molecule has 28 heavy (non-hydrogen) atoms. The van der Waals surface area contributed by atoms with Crippen LogP contribution in [0.5, 0.6) is 0 Å². The third kappa shape index (κ3) is 6.42. The van der Waals surface area contributed by atoms with Gasteiger partial charge in [-0.25, -0.2) is 0 Å². The summed E-state index contributed by atoms with van der Waals surface area (Å²) in [5.41, 5.74) is 2.57. The second-order valence-electron chi connectivity index (χ2n) is 7.71. The van der Waals surface area contributed by atoms with Crippen LogP contribution in [0.1, 0.15) is 30.9 Å². The molecule has 0 radical (unpaired) electrons. The number of hydrogen-bond donors (Lipinski definition) is 1. The van der Waals surface area contributed by atoms with E-state index in [9.17, 15) is 5.11 Å². The maximum atomic E-state index is 11.1. The number of morpholine rings is 1. The van der Waals surface area contributed by atoms with Crippen molar-refractivity contribution in [3.05, 3.63) is 71.8 Å². The van der Waals surface area contributed by atoms with Gasteiger partial charge in [-0.3, -0.25) is 9.80 Å². The molecule has 1 heterocycles. The first kappa shape index (κ1) is 21.0. The van der Waals surface area contributed by atoms with Gasteiger partial charge in [0.15, 0.2) is 0 Å². The van der Waals surface area contributed by atoms with Crippen LogP contribution in [0.15, 0.2) is 60.7 Å². The Balaban J connectivity index is 1.82. The first-order valence-corrected chi connectivity index (χ1v) is 10.6. The van der Waals surface area contributed by atoms with Gasteiger partial charge in [0.1, 0.15) is 0 Å². The smallest absolute Gasteiger partial charge is 0.0708 e. The number of aliphatic hydroxyl groups is 1. The third-order valence-electron chi connectivity index (χ3n) is 5.50. The molecule has 1 saturated heterocycles. The Bertz CT molecular complexity index is 617. The van der Waals surface area contributed by atoms with E-state index in [2.05, 4.69) is 77.4 Å². The highest BCUT2D eigenvalue weighted by Gasteiger charge is 2.28. The van der Waals surface area contributed by atoms with Crippen molar-refractivity contribution in [1.82, 2.24) is 9.80 Å². The Morgan fingerprint density at radius 3 is 1.96 bits per heavy atom. The Labute approximate surface area is 169 Å². The normalized spacial score (nSPS) is 17.5. The largest absolute Gasteiger partial charge is 0.391 e. The van der Waals surface area contributed by atoms with Crippen LogP contribution in [0, 0.1) is 0 Å². The topological polar surface area (TPSA) is 35.9 Å². The summed E-state index contributed by atoms with van der Waals surface area (Å²) >= 11 is 0. The summed E-state index contributed by atoms with van der Waals surface area (Å²) in [4.78, 5) is 4.90. The fourth-order valence-corrected chi connectivity index (χ4v) is 3.94. The quantitative estimate of drug-likeness (QED) is 0.682. The number of hydrogen-bond acceptors (Lipinski definition) is 4. The summed E-state index contributed by atoms with van der Waals surface area (Å²) in [5.74, 6) is 0. The van der Waals surface area contributed by atoms with Gasteiger partial charge in [-0.05, 0) is 17.5 Å². The predicted octanol–water partition coefficient (Wildman–Crippen LogP) is 3.55. The lowest BCUT2D eigenvalue weighted by atomic mass is 10.0. The van der Waals surface area contributed by atoms with Gasteiger partial charge in [-0.15, -0.1) is 0 Å². The van der Waals surface area contributed by atoms with Gasteiger partial charge in [0, 0.05) is 38.8 Å². The number of aliphatic hydroxyl groups excluding tert-OH is 1. The Morgan fingerprint density at radius 2 is 1.46 bits per heavy atom. The van der Waals surface area contributed by atoms with E-state index >= 15 is 0 Å². The molecule has 4 heteroatoms. The second-order valence-corrected chi connectivity index (χ2v) is 7.71. The number of ether oxygens (including phenoxy) is 1. The highest BCUT2D eigenvalue weighted by molar-refractivity contribution is 5.17. The van der Waals surface area contributed by atoms with Crippen molar-refractivity contribution in [1.29, 1.82) is 0 Å². The highest BCUT2D eigenvalue weighted by Crippen LogP contribution is 2.19. The number of benzene rings is 2. The molecule has 2 aromatic carbocycles. The molecule has 4 nitrogen and oxygen atoms in total. The van der Waals surface area contributed by atoms with E-state index < -0.39 is 0 Å². The zero-order valence-electron chi connectivity index (χ0n) is 17.0. The monoisotopic (exact) mass is 382 g/mol. The Kier molecular flexibility index (Phi) is 8.49. The molecular weight excluding hydrogens is 348 g/mol. The molecule has 0 saturated carbocycles. The van der Waals surface area contributed by atoms with Crippen molar-refractivity contribution < 1.29 is 9.84 Å². The van der Waals surface area contributed by atoms with Crippen LogP contribution < -0.4 is 0 Å². The highest BCUT2D eigenvalue weighted by atomic mass is 16.5. The Hall–Kier alpha value is -1.72. The molecule has 1 N–H and O–H groups in total. The minimum absolute atomic E-state index is 0.0958. The van der Waals surface area contributed by atoms with Gasteiger partial charge in [-0.1, -0.05) is 74.0 Å². The molecule has 2 aromatic rings. The molecule has 0 amide bonds. The Morgan fingerprint density at radius 1 is 0.929 bits per heavy atom. The van der Waals surface area contributed by atoms with Crippen molar-refractivity contribution in [3.8, 4) is 0 Å². The van der Waals surface area contributed by atoms with Gasteiger partial charge in [-0.2, -0.15) is 0 Å². The minimum atomic E-state index is -0.333. The average molecular weight is 383 g/mol. The van der Waals surface area contributed by atoms with Crippen LogP contribution in [0.2, 0.25) is 0 Å². The lowest BCUT2D eigenvalue weighted by molar-refractivity contribution is -0.0160. The van der Waals surface area contributed by atoms with Gasteiger partial charge >= 0.3 is 0 Å². The third-order valence-corrected chi connectivity index (χ3v) is 5.50. The molecule has 2 atom stereocenters. The molecule has 0 aromatic heterocycles.